The molecule has 5 heteroatoms. The van der Waals surface area contributed by atoms with Crippen LogP contribution < -0.4 is 5.73 Å². The second-order valence-electron chi connectivity index (χ2n) is 2.03. The van der Waals surface area contributed by atoms with E-state index in [1.807, 2.05) is 6.92 Å². The van der Waals surface area contributed by atoms with Crippen molar-refractivity contribution in [1.82, 2.24) is 4.98 Å². The minimum atomic E-state index is 0.671. The zero-order valence-corrected chi connectivity index (χ0v) is 10.4. The molecule has 1 heterocycles. The summed E-state index contributed by atoms with van der Waals surface area (Å²) < 4.78 is 2.36. The van der Waals surface area contributed by atoms with E-state index in [-0.39, 0.29) is 0 Å². The molecule has 0 aliphatic heterocycles. The topological polar surface area (TPSA) is 38.9 Å². The second kappa shape index (κ2) is 3.41. The van der Waals surface area contributed by atoms with Gasteiger partial charge in [0.05, 0.1) is 20.3 Å². The van der Waals surface area contributed by atoms with E-state index in [9.17, 15) is 0 Å². The van der Waals surface area contributed by atoms with E-state index in [1.54, 1.807) is 0 Å². The molecule has 60 valence electrons. The van der Waals surface area contributed by atoms with Gasteiger partial charge in [0.25, 0.3) is 0 Å². The largest absolute Gasteiger partial charge is 0.397 e. The van der Waals surface area contributed by atoms with E-state index in [4.69, 9.17) is 5.73 Å². The predicted molar refractivity (Wildman–Crippen MR) is 56.5 cm³/mol. The Morgan fingerprint density at radius 1 is 1.18 bits per heavy atom. The highest BCUT2D eigenvalue weighted by Crippen LogP contribution is 2.34. The minimum Gasteiger partial charge on any atom is -0.397 e. The normalized spacial score (nSPS) is 10.2. The molecule has 0 fully saturated rings. The third-order valence-electron chi connectivity index (χ3n) is 1.24. The van der Waals surface area contributed by atoms with Gasteiger partial charge in [-0.3, -0.25) is 0 Å². The molecule has 0 aliphatic rings. The number of aryl methyl sites for hydroxylation is 1. The lowest BCUT2D eigenvalue weighted by atomic mass is 10.3. The fourth-order valence-corrected chi connectivity index (χ4v) is 1.97. The molecule has 0 unspecified atom stereocenters. The molecule has 11 heavy (non-hydrogen) atoms. The summed E-state index contributed by atoms with van der Waals surface area (Å²) in [5, 5.41) is 0. The molecule has 2 N–H and O–H groups in total. The molecule has 1 aromatic heterocycles. The van der Waals surface area contributed by atoms with Crippen molar-refractivity contribution in [2.24, 2.45) is 0 Å². The van der Waals surface area contributed by atoms with E-state index in [2.05, 4.69) is 52.8 Å². The van der Waals surface area contributed by atoms with Crippen molar-refractivity contribution in [2.75, 3.05) is 5.73 Å². The Labute approximate surface area is 90.0 Å². The molecule has 0 spiro atoms. The molecular formula is C6H5Br3N2. The predicted octanol–water partition coefficient (Wildman–Crippen LogP) is 3.26. The summed E-state index contributed by atoms with van der Waals surface area (Å²) >= 11 is 9.90. The van der Waals surface area contributed by atoms with Crippen molar-refractivity contribution in [1.29, 1.82) is 0 Å². The quantitative estimate of drug-likeness (QED) is 0.734. The maximum Gasteiger partial charge on any atom is 0.122 e. The summed E-state index contributed by atoms with van der Waals surface area (Å²) in [7, 11) is 0. The average Bonchev–Trinajstić information content (AvgIpc) is 1.97. The van der Waals surface area contributed by atoms with Gasteiger partial charge in [-0.2, -0.15) is 0 Å². The van der Waals surface area contributed by atoms with Gasteiger partial charge in [0.15, 0.2) is 0 Å². The number of anilines is 1. The molecule has 0 saturated heterocycles. The summed E-state index contributed by atoms with van der Waals surface area (Å²) in [6.07, 6.45) is 0. The van der Waals surface area contributed by atoms with Gasteiger partial charge in [-0.25, -0.2) is 4.98 Å². The van der Waals surface area contributed by atoms with Crippen molar-refractivity contribution < 1.29 is 0 Å². The van der Waals surface area contributed by atoms with Crippen LogP contribution in [0.4, 0.5) is 5.69 Å². The lowest BCUT2D eigenvalue weighted by Gasteiger charge is -2.05. The van der Waals surface area contributed by atoms with Crippen LogP contribution in [0.15, 0.2) is 13.5 Å². The van der Waals surface area contributed by atoms with Crippen molar-refractivity contribution in [3.8, 4) is 0 Å². The van der Waals surface area contributed by atoms with Crippen LogP contribution in [0.2, 0.25) is 0 Å². The maximum atomic E-state index is 5.72. The Hall–Kier alpha value is 0.390. The third kappa shape index (κ3) is 1.76. The summed E-state index contributed by atoms with van der Waals surface area (Å²) in [4.78, 5) is 4.18. The molecule has 0 bridgehead atoms. The zero-order valence-electron chi connectivity index (χ0n) is 5.66. The van der Waals surface area contributed by atoms with Gasteiger partial charge in [-0.15, -0.1) is 0 Å². The van der Waals surface area contributed by atoms with Crippen LogP contribution in [-0.4, -0.2) is 4.98 Å². The fraction of sp³-hybridized carbons (Fsp3) is 0.167. The Morgan fingerprint density at radius 2 is 1.73 bits per heavy atom. The van der Waals surface area contributed by atoms with E-state index in [1.165, 1.54) is 0 Å². The first-order chi connectivity index (χ1) is 5.04. The summed E-state index contributed by atoms with van der Waals surface area (Å²) in [5.41, 5.74) is 7.26. The summed E-state index contributed by atoms with van der Waals surface area (Å²) in [6.45, 7) is 1.89. The van der Waals surface area contributed by atoms with Gasteiger partial charge < -0.3 is 5.73 Å². The maximum absolute atomic E-state index is 5.72. The highest BCUT2D eigenvalue weighted by molar-refractivity contribution is 9.13. The summed E-state index contributed by atoms with van der Waals surface area (Å²) in [6, 6.07) is 0. The first kappa shape index (κ1) is 9.48. The number of hydrogen-bond acceptors (Lipinski definition) is 2. The van der Waals surface area contributed by atoms with Crippen LogP contribution in [0, 0.1) is 6.92 Å². The molecule has 0 saturated carbocycles. The molecule has 0 amide bonds. The van der Waals surface area contributed by atoms with Gasteiger partial charge in [-0.1, -0.05) is 0 Å². The minimum absolute atomic E-state index is 0.671. The number of rotatable bonds is 0. The Bertz CT molecular complexity index is 272. The number of pyridine rings is 1. The van der Waals surface area contributed by atoms with Crippen LogP contribution in [0.25, 0.3) is 0 Å². The Balaban J connectivity index is 3.46. The zero-order chi connectivity index (χ0) is 8.59. The second-order valence-corrected chi connectivity index (χ2v) is 4.37. The molecule has 1 aromatic rings. The first-order valence-electron chi connectivity index (χ1n) is 2.80. The van der Waals surface area contributed by atoms with E-state index in [0.717, 1.165) is 19.2 Å². The number of hydrogen-bond donors (Lipinski definition) is 1. The molecule has 0 radical (unpaired) electrons. The SMILES string of the molecule is Cc1nc(Br)c(Br)c(N)c1Br. The smallest absolute Gasteiger partial charge is 0.122 e. The van der Waals surface area contributed by atoms with Crippen LogP contribution >= 0.6 is 47.8 Å². The third-order valence-corrected chi connectivity index (χ3v) is 4.15. The number of aromatic nitrogens is 1. The monoisotopic (exact) mass is 342 g/mol. The van der Waals surface area contributed by atoms with E-state index < -0.39 is 0 Å². The lowest BCUT2D eigenvalue weighted by Crippen LogP contribution is -1.94. The molecule has 1 rings (SSSR count). The van der Waals surface area contributed by atoms with Crippen molar-refractivity contribution in [3.05, 3.63) is 19.2 Å². The molecule has 0 atom stereocenters. The van der Waals surface area contributed by atoms with Crippen molar-refractivity contribution in [3.63, 3.8) is 0 Å². The lowest BCUT2D eigenvalue weighted by molar-refractivity contribution is 1.14. The Morgan fingerprint density at radius 3 is 2.27 bits per heavy atom. The number of nitrogen functional groups attached to an aromatic ring is 1. The molecular weight excluding hydrogens is 340 g/mol. The molecule has 0 aromatic carbocycles. The number of halogens is 3. The van der Waals surface area contributed by atoms with Crippen LogP contribution in [-0.2, 0) is 0 Å². The van der Waals surface area contributed by atoms with Gasteiger partial charge >= 0.3 is 0 Å². The standard InChI is InChI=1S/C6H5Br3N2/c1-2-3(7)5(10)4(8)6(9)11-2/h1H3,(H2,10,11). The van der Waals surface area contributed by atoms with Gasteiger partial charge in [0, 0.05) is 0 Å². The van der Waals surface area contributed by atoms with E-state index >= 15 is 0 Å². The summed E-state index contributed by atoms with van der Waals surface area (Å²) in [5.74, 6) is 0. The first-order valence-corrected chi connectivity index (χ1v) is 5.18. The van der Waals surface area contributed by atoms with Crippen molar-refractivity contribution >= 4 is 53.5 Å². The highest BCUT2D eigenvalue weighted by atomic mass is 79.9. The Kier molecular flexibility index (Phi) is 2.94. The average molecular weight is 345 g/mol. The van der Waals surface area contributed by atoms with Gasteiger partial charge in [-0.05, 0) is 54.7 Å². The van der Waals surface area contributed by atoms with Crippen LogP contribution in [0.3, 0.4) is 0 Å². The van der Waals surface area contributed by atoms with Crippen LogP contribution in [0.5, 0.6) is 0 Å². The molecule has 2 nitrogen and oxygen atoms in total. The number of nitrogens with two attached hydrogens (primary N) is 1. The van der Waals surface area contributed by atoms with Crippen LogP contribution in [0.1, 0.15) is 5.69 Å². The van der Waals surface area contributed by atoms with E-state index in [0.29, 0.717) is 5.69 Å². The van der Waals surface area contributed by atoms with Gasteiger partial charge in [0.2, 0.25) is 0 Å². The van der Waals surface area contributed by atoms with Gasteiger partial charge in [0.1, 0.15) is 4.60 Å². The highest BCUT2D eigenvalue weighted by Gasteiger charge is 2.08. The number of nitrogens with zero attached hydrogens (tertiary/aromatic N) is 1. The fourth-order valence-electron chi connectivity index (χ4n) is 0.648. The van der Waals surface area contributed by atoms with Crippen molar-refractivity contribution in [2.45, 2.75) is 6.92 Å². The molecule has 0 aliphatic carbocycles.